The molecule has 5 nitrogen and oxygen atoms in total. The Labute approximate surface area is 105 Å². The second kappa shape index (κ2) is 4.23. The van der Waals surface area contributed by atoms with Crippen LogP contribution in [0.25, 0.3) is 11.0 Å². The van der Waals surface area contributed by atoms with E-state index >= 15 is 0 Å². The smallest absolute Gasteiger partial charge is 0.372 e. The SMILES string of the molecule is O=c1oc(=O)n(Cc2ccsc2)c2ncccc12. The maximum atomic E-state index is 11.7. The monoisotopic (exact) mass is 260 g/mol. The predicted octanol–water partition coefficient (Wildman–Crippen LogP) is 1.46. The lowest BCUT2D eigenvalue weighted by atomic mass is 10.3. The summed E-state index contributed by atoms with van der Waals surface area (Å²) < 4.78 is 6.05. The molecule has 0 N–H and O–H groups in total. The lowest BCUT2D eigenvalue weighted by molar-refractivity contribution is 0.423. The Hall–Kier alpha value is -2.21. The average Bonchev–Trinajstić information content (AvgIpc) is 2.87. The van der Waals surface area contributed by atoms with Crippen LogP contribution in [0.5, 0.6) is 0 Å². The molecule has 0 saturated carbocycles. The molecule has 0 amide bonds. The first kappa shape index (κ1) is 10.9. The van der Waals surface area contributed by atoms with Crippen molar-refractivity contribution in [1.29, 1.82) is 0 Å². The molecule has 0 saturated heterocycles. The summed E-state index contributed by atoms with van der Waals surface area (Å²) in [6.45, 7) is 0.347. The van der Waals surface area contributed by atoms with Gasteiger partial charge in [0.2, 0.25) is 0 Å². The van der Waals surface area contributed by atoms with Crippen LogP contribution in [-0.2, 0) is 6.54 Å². The molecule has 0 spiro atoms. The first-order valence-electron chi connectivity index (χ1n) is 5.25. The summed E-state index contributed by atoms with van der Waals surface area (Å²) in [5.41, 5.74) is 0.678. The van der Waals surface area contributed by atoms with Crippen molar-refractivity contribution in [2.24, 2.45) is 0 Å². The van der Waals surface area contributed by atoms with Crippen molar-refractivity contribution in [3.05, 3.63) is 61.7 Å². The van der Waals surface area contributed by atoms with Crippen LogP contribution in [0.1, 0.15) is 5.56 Å². The van der Waals surface area contributed by atoms with Gasteiger partial charge in [-0.1, -0.05) is 0 Å². The largest absolute Gasteiger partial charge is 0.423 e. The third-order valence-corrected chi connectivity index (χ3v) is 3.32. The van der Waals surface area contributed by atoms with Gasteiger partial charge in [-0.3, -0.25) is 4.57 Å². The predicted molar refractivity (Wildman–Crippen MR) is 68.0 cm³/mol. The maximum absolute atomic E-state index is 11.7. The zero-order valence-corrected chi connectivity index (χ0v) is 10.0. The van der Waals surface area contributed by atoms with Gasteiger partial charge in [-0.2, -0.15) is 11.3 Å². The van der Waals surface area contributed by atoms with Gasteiger partial charge in [0.25, 0.3) is 0 Å². The highest BCUT2D eigenvalue weighted by atomic mass is 32.1. The number of pyridine rings is 1. The molecule has 0 bridgehead atoms. The van der Waals surface area contributed by atoms with E-state index in [1.54, 1.807) is 29.7 Å². The fourth-order valence-corrected chi connectivity index (χ4v) is 2.41. The minimum atomic E-state index is -0.683. The van der Waals surface area contributed by atoms with E-state index in [1.165, 1.54) is 4.57 Å². The van der Waals surface area contributed by atoms with E-state index in [0.29, 0.717) is 17.6 Å². The number of fused-ring (bicyclic) bond motifs is 1. The minimum Gasteiger partial charge on any atom is -0.372 e. The van der Waals surface area contributed by atoms with Crippen LogP contribution in [0.3, 0.4) is 0 Å². The zero-order chi connectivity index (χ0) is 12.5. The van der Waals surface area contributed by atoms with Gasteiger partial charge in [0.1, 0.15) is 5.39 Å². The summed E-state index contributed by atoms with van der Waals surface area (Å²) >= 11 is 1.55. The Morgan fingerprint density at radius 2 is 2.22 bits per heavy atom. The lowest BCUT2D eigenvalue weighted by Crippen LogP contribution is -2.26. The Balaban J connectivity index is 2.28. The van der Waals surface area contributed by atoms with Gasteiger partial charge in [0, 0.05) is 6.20 Å². The number of hydrogen-bond donors (Lipinski definition) is 0. The molecule has 3 aromatic rings. The zero-order valence-electron chi connectivity index (χ0n) is 9.20. The van der Waals surface area contributed by atoms with E-state index in [9.17, 15) is 9.59 Å². The molecule has 90 valence electrons. The molecule has 6 heteroatoms. The van der Waals surface area contributed by atoms with Crippen molar-refractivity contribution in [3.63, 3.8) is 0 Å². The summed E-state index contributed by atoms with van der Waals surface area (Å²) in [6.07, 6.45) is 1.55. The molecule has 0 aromatic carbocycles. The molecule has 18 heavy (non-hydrogen) atoms. The van der Waals surface area contributed by atoms with Crippen LogP contribution < -0.4 is 11.4 Å². The van der Waals surface area contributed by atoms with Crippen LogP contribution in [0, 0.1) is 0 Å². The summed E-state index contributed by atoms with van der Waals surface area (Å²) in [4.78, 5) is 27.4. The minimum absolute atomic E-state index is 0.312. The van der Waals surface area contributed by atoms with Gasteiger partial charge in [0.15, 0.2) is 5.65 Å². The van der Waals surface area contributed by atoms with Gasteiger partial charge in [-0.15, -0.1) is 0 Å². The second-order valence-corrected chi connectivity index (χ2v) is 4.53. The number of aromatic nitrogens is 2. The van der Waals surface area contributed by atoms with E-state index < -0.39 is 11.4 Å². The van der Waals surface area contributed by atoms with Crippen LogP contribution in [0.2, 0.25) is 0 Å². The van der Waals surface area contributed by atoms with Gasteiger partial charge in [-0.05, 0) is 34.5 Å². The molecule has 0 aliphatic heterocycles. The van der Waals surface area contributed by atoms with Crippen molar-refractivity contribution in [2.45, 2.75) is 6.54 Å². The summed E-state index contributed by atoms with van der Waals surface area (Å²) in [7, 11) is 0. The van der Waals surface area contributed by atoms with E-state index in [1.807, 2.05) is 16.8 Å². The second-order valence-electron chi connectivity index (χ2n) is 3.75. The fraction of sp³-hybridized carbons (Fsp3) is 0.0833. The van der Waals surface area contributed by atoms with E-state index in [4.69, 9.17) is 0 Å². The molecule has 0 aliphatic carbocycles. The molecule has 0 aliphatic rings. The first-order valence-corrected chi connectivity index (χ1v) is 6.20. The fourth-order valence-electron chi connectivity index (χ4n) is 1.75. The lowest BCUT2D eigenvalue weighted by Gasteiger charge is -2.05. The normalized spacial score (nSPS) is 10.9. The standard InChI is InChI=1S/C12H8N2O3S/c15-11-9-2-1-4-13-10(9)14(12(16)17-11)6-8-3-5-18-7-8/h1-5,7H,6H2. The molecular weight excluding hydrogens is 252 g/mol. The first-order chi connectivity index (χ1) is 8.75. The van der Waals surface area contributed by atoms with Crippen LogP contribution >= 0.6 is 11.3 Å². The summed E-state index contributed by atoms with van der Waals surface area (Å²) in [5, 5.41) is 4.17. The maximum Gasteiger partial charge on any atom is 0.423 e. The highest BCUT2D eigenvalue weighted by Crippen LogP contribution is 2.10. The molecular formula is C12H8N2O3S. The Morgan fingerprint density at radius 3 is 3.00 bits per heavy atom. The van der Waals surface area contributed by atoms with E-state index in [0.717, 1.165) is 5.56 Å². The van der Waals surface area contributed by atoms with Crippen molar-refractivity contribution < 1.29 is 4.42 Å². The molecule has 3 heterocycles. The number of hydrogen-bond acceptors (Lipinski definition) is 5. The summed E-state index contributed by atoms with van der Waals surface area (Å²) in [5.74, 6) is -0.683. The third kappa shape index (κ3) is 1.76. The third-order valence-electron chi connectivity index (χ3n) is 2.58. The van der Waals surface area contributed by atoms with Gasteiger partial charge < -0.3 is 4.42 Å². The Morgan fingerprint density at radius 1 is 1.33 bits per heavy atom. The van der Waals surface area contributed by atoms with Gasteiger partial charge >= 0.3 is 11.4 Å². The average molecular weight is 260 g/mol. The number of rotatable bonds is 2. The van der Waals surface area contributed by atoms with Gasteiger partial charge in [-0.25, -0.2) is 14.6 Å². The highest BCUT2D eigenvalue weighted by molar-refractivity contribution is 7.07. The summed E-state index contributed by atoms with van der Waals surface area (Å²) in [6, 6.07) is 5.15. The van der Waals surface area contributed by atoms with Crippen molar-refractivity contribution in [1.82, 2.24) is 9.55 Å². The number of thiophene rings is 1. The topological polar surface area (TPSA) is 65.1 Å². The van der Waals surface area contributed by atoms with E-state index in [-0.39, 0.29) is 0 Å². The molecule has 0 unspecified atom stereocenters. The van der Waals surface area contributed by atoms with Crippen molar-refractivity contribution >= 4 is 22.4 Å². The molecule has 0 atom stereocenters. The molecule has 3 aromatic heterocycles. The molecule has 3 rings (SSSR count). The van der Waals surface area contributed by atoms with Crippen molar-refractivity contribution in [3.8, 4) is 0 Å². The van der Waals surface area contributed by atoms with E-state index in [2.05, 4.69) is 9.40 Å². The van der Waals surface area contributed by atoms with Crippen LogP contribution in [0.15, 0.2) is 49.2 Å². The van der Waals surface area contributed by atoms with Crippen molar-refractivity contribution in [2.75, 3.05) is 0 Å². The molecule has 0 fully saturated rings. The number of nitrogens with zero attached hydrogens (tertiary/aromatic N) is 2. The Bertz CT molecular complexity index is 802. The molecule has 0 radical (unpaired) electrons. The van der Waals surface area contributed by atoms with Gasteiger partial charge in [0.05, 0.1) is 6.54 Å². The highest BCUT2D eigenvalue weighted by Gasteiger charge is 2.10. The van der Waals surface area contributed by atoms with Crippen LogP contribution in [0.4, 0.5) is 0 Å². The van der Waals surface area contributed by atoms with Crippen LogP contribution in [-0.4, -0.2) is 9.55 Å². The quantitative estimate of drug-likeness (QED) is 0.699. The Kier molecular flexibility index (Phi) is 2.56.